The van der Waals surface area contributed by atoms with Gasteiger partial charge in [0.15, 0.2) is 0 Å². The number of ether oxygens (including phenoxy) is 1. The van der Waals surface area contributed by atoms with Gasteiger partial charge in [-0.2, -0.15) is 0 Å². The van der Waals surface area contributed by atoms with Crippen molar-refractivity contribution < 1.29 is 9.53 Å². The van der Waals surface area contributed by atoms with Crippen LogP contribution >= 0.6 is 0 Å². The van der Waals surface area contributed by atoms with E-state index in [2.05, 4.69) is 12.1 Å². The van der Waals surface area contributed by atoms with Crippen LogP contribution in [0.1, 0.15) is 30.9 Å². The van der Waals surface area contributed by atoms with E-state index in [-0.39, 0.29) is 24.0 Å². The predicted molar refractivity (Wildman–Crippen MR) is 77.0 cm³/mol. The van der Waals surface area contributed by atoms with Gasteiger partial charge >= 0.3 is 0 Å². The Bertz CT molecular complexity index is 463. The van der Waals surface area contributed by atoms with Crippen LogP contribution in [0.25, 0.3) is 0 Å². The van der Waals surface area contributed by atoms with Crippen molar-refractivity contribution in [1.29, 1.82) is 0 Å². The molecule has 3 unspecified atom stereocenters. The molecule has 1 aromatic rings. The van der Waals surface area contributed by atoms with E-state index in [4.69, 9.17) is 10.5 Å². The minimum Gasteiger partial charge on any atom is -0.370 e. The molecule has 1 aromatic carbocycles. The first-order chi connectivity index (χ1) is 9.75. The summed E-state index contributed by atoms with van der Waals surface area (Å²) in [6.45, 7) is 1.94. The number of nitrogens with two attached hydrogens (primary N) is 1. The summed E-state index contributed by atoms with van der Waals surface area (Å²) in [5, 5.41) is 0. The first-order valence-corrected chi connectivity index (χ1v) is 7.46. The van der Waals surface area contributed by atoms with Gasteiger partial charge in [0, 0.05) is 12.6 Å². The molecule has 3 atom stereocenters. The van der Waals surface area contributed by atoms with Gasteiger partial charge in [-0.3, -0.25) is 4.79 Å². The monoisotopic (exact) mass is 274 g/mol. The zero-order valence-corrected chi connectivity index (χ0v) is 11.7. The molecule has 1 amide bonds. The van der Waals surface area contributed by atoms with E-state index in [1.165, 1.54) is 0 Å². The third-order valence-electron chi connectivity index (χ3n) is 4.44. The lowest BCUT2D eigenvalue weighted by Gasteiger charge is -2.35. The highest BCUT2D eigenvalue weighted by Gasteiger charge is 2.35. The van der Waals surface area contributed by atoms with Gasteiger partial charge in [-0.15, -0.1) is 0 Å². The van der Waals surface area contributed by atoms with Crippen molar-refractivity contribution in [3.63, 3.8) is 0 Å². The van der Waals surface area contributed by atoms with Gasteiger partial charge in [0.1, 0.15) is 6.10 Å². The largest absolute Gasteiger partial charge is 0.370 e. The summed E-state index contributed by atoms with van der Waals surface area (Å²) in [7, 11) is 0. The zero-order valence-electron chi connectivity index (χ0n) is 11.7. The quantitative estimate of drug-likeness (QED) is 0.893. The lowest BCUT2D eigenvalue weighted by atomic mass is 10.0. The number of nitrogens with zero attached hydrogens (tertiary/aromatic N) is 1. The molecule has 108 valence electrons. The van der Waals surface area contributed by atoms with Gasteiger partial charge in [0.2, 0.25) is 5.91 Å². The molecule has 2 N–H and O–H groups in total. The maximum atomic E-state index is 12.6. The van der Waals surface area contributed by atoms with E-state index in [1.54, 1.807) is 0 Å². The molecule has 0 bridgehead atoms. The summed E-state index contributed by atoms with van der Waals surface area (Å²) in [5.74, 6) is 0.240. The van der Waals surface area contributed by atoms with E-state index in [0.717, 1.165) is 24.8 Å². The van der Waals surface area contributed by atoms with E-state index < -0.39 is 0 Å². The highest BCUT2D eigenvalue weighted by Crippen LogP contribution is 2.28. The van der Waals surface area contributed by atoms with Crippen LogP contribution in [-0.4, -0.2) is 36.5 Å². The third kappa shape index (κ3) is 2.72. The van der Waals surface area contributed by atoms with Crippen molar-refractivity contribution >= 4 is 5.91 Å². The van der Waals surface area contributed by atoms with E-state index in [1.807, 2.05) is 23.1 Å². The second-order valence-corrected chi connectivity index (χ2v) is 5.76. The molecule has 2 fully saturated rings. The maximum Gasteiger partial charge on any atom is 0.227 e. The average Bonchev–Trinajstić information content (AvgIpc) is 2.94. The lowest BCUT2D eigenvalue weighted by Crippen LogP contribution is -2.47. The molecule has 20 heavy (non-hydrogen) atoms. The van der Waals surface area contributed by atoms with Crippen LogP contribution < -0.4 is 5.73 Å². The Morgan fingerprint density at radius 2 is 2.05 bits per heavy atom. The Labute approximate surface area is 119 Å². The van der Waals surface area contributed by atoms with Crippen molar-refractivity contribution in [3.05, 3.63) is 35.9 Å². The highest BCUT2D eigenvalue weighted by atomic mass is 16.5. The van der Waals surface area contributed by atoms with Gasteiger partial charge < -0.3 is 15.4 Å². The van der Waals surface area contributed by atoms with Gasteiger partial charge in [0.25, 0.3) is 0 Å². The average molecular weight is 274 g/mol. The molecule has 1 saturated carbocycles. The molecule has 1 saturated heterocycles. The minimum absolute atomic E-state index is 0.00784. The number of morpholine rings is 1. The second kappa shape index (κ2) is 5.94. The highest BCUT2D eigenvalue weighted by molar-refractivity contribution is 5.80. The molecular formula is C16H22N2O2. The molecule has 1 aliphatic carbocycles. The van der Waals surface area contributed by atoms with Crippen LogP contribution in [0, 0.1) is 5.92 Å². The van der Waals surface area contributed by atoms with Crippen LogP contribution in [0.2, 0.25) is 0 Å². The molecule has 2 aliphatic rings. The first-order valence-electron chi connectivity index (χ1n) is 7.46. The number of carbonyl (C=O) groups is 1. The van der Waals surface area contributed by atoms with Gasteiger partial charge in [-0.05, 0) is 18.4 Å². The van der Waals surface area contributed by atoms with E-state index in [9.17, 15) is 4.79 Å². The summed E-state index contributed by atoms with van der Waals surface area (Å²) in [5.41, 5.74) is 7.19. The van der Waals surface area contributed by atoms with Crippen LogP contribution in [0.15, 0.2) is 30.3 Å². The predicted octanol–water partition coefficient (Wildman–Crippen LogP) is 1.71. The molecule has 1 heterocycles. The number of hydrogen-bond donors (Lipinski definition) is 1. The molecule has 0 spiro atoms. The van der Waals surface area contributed by atoms with Crippen molar-refractivity contribution in [2.24, 2.45) is 11.7 Å². The summed E-state index contributed by atoms with van der Waals surface area (Å²) >= 11 is 0. The Hall–Kier alpha value is -1.39. The molecular weight excluding hydrogens is 252 g/mol. The Morgan fingerprint density at radius 3 is 2.75 bits per heavy atom. The topological polar surface area (TPSA) is 55.6 Å². The normalized spacial score (nSPS) is 30.4. The van der Waals surface area contributed by atoms with Crippen LogP contribution in [0.3, 0.4) is 0 Å². The molecule has 3 rings (SSSR count). The molecule has 0 radical (unpaired) electrons. The van der Waals surface area contributed by atoms with Gasteiger partial charge in [-0.25, -0.2) is 0 Å². The van der Waals surface area contributed by atoms with Crippen molar-refractivity contribution in [2.45, 2.75) is 31.4 Å². The summed E-state index contributed by atoms with van der Waals surface area (Å²) in [6.07, 6.45) is 2.98. The molecule has 4 heteroatoms. The summed E-state index contributed by atoms with van der Waals surface area (Å²) < 4.78 is 5.81. The molecule has 4 nitrogen and oxygen atoms in total. The zero-order chi connectivity index (χ0) is 13.9. The Kier molecular flexibility index (Phi) is 4.03. The molecule has 0 aromatic heterocycles. The first kappa shape index (κ1) is 13.6. The fourth-order valence-electron chi connectivity index (χ4n) is 3.25. The Balaban J connectivity index is 1.67. The minimum atomic E-state index is -0.00784. The van der Waals surface area contributed by atoms with Crippen molar-refractivity contribution in [2.75, 3.05) is 19.7 Å². The van der Waals surface area contributed by atoms with Crippen molar-refractivity contribution in [1.82, 2.24) is 4.90 Å². The summed E-state index contributed by atoms with van der Waals surface area (Å²) in [4.78, 5) is 14.5. The summed E-state index contributed by atoms with van der Waals surface area (Å²) in [6, 6.07) is 10.2. The van der Waals surface area contributed by atoms with E-state index >= 15 is 0 Å². The second-order valence-electron chi connectivity index (χ2n) is 5.76. The smallest absolute Gasteiger partial charge is 0.227 e. The standard InChI is InChI=1S/C16H22N2O2/c17-14-8-4-7-13(14)16(19)18-9-10-20-15(11-18)12-5-2-1-3-6-12/h1-3,5-6,13-15H,4,7-11,17H2. The molecule has 1 aliphatic heterocycles. The van der Waals surface area contributed by atoms with Gasteiger partial charge in [0.05, 0.1) is 19.1 Å². The van der Waals surface area contributed by atoms with Crippen LogP contribution in [0.5, 0.6) is 0 Å². The number of benzene rings is 1. The van der Waals surface area contributed by atoms with Gasteiger partial charge in [-0.1, -0.05) is 36.8 Å². The van der Waals surface area contributed by atoms with Crippen molar-refractivity contribution in [3.8, 4) is 0 Å². The van der Waals surface area contributed by atoms with Crippen LogP contribution in [0.4, 0.5) is 0 Å². The van der Waals surface area contributed by atoms with Crippen LogP contribution in [-0.2, 0) is 9.53 Å². The SMILES string of the molecule is NC1CCCC1C(=O)N1CCOC(c2ccccc2)C1. The lowest BCUT2D eigenvalue weighted by molar-refractivity contribution is -0.143. The number of amides is 1. The van der Waals surface area contributed by atoms with E-state index in [0.29, 0.717) is 19.7 Å². The fraction of sp³-hybridized carbons (Fsp3) is 0.562. The maximum absolute atomic E-state index is 12.6. The number of hydrogen-bond acceptors (Lipinski definition) is 3. The fourth-order valence-corrected chi connectivity index (χ4v) is 3.25. The number of rotatable bonds is 2. The number of carbonyl (C=O) groups excluding carboxylic acids is 1. The third-order valence-corrected chi connectivity index (χ3v) is 4.44. The Morgan fingerprint density at radius 1 is 1.25 bits per heavy atom.